The zero-order valence-electron chi connectivity index (χ0n) is 24.8. The van der Waals surface area contributed by atoms with Crippen LogP contribution in [0.15, 0.2) is 72.8 Å². The Morgan fingerprint density at radius 2 is 0.545 bits per heavy atom. The van der Waals surface area contributed by atoms with Crippen LogP contribution in [0, 0.1) is 50.4 Å². The van der Waals surface area contributed by atoms with Gasteiger partial charge in [0.25, 0.3) is 0 Å². The van der Waals surface area contributed by atoms with Crippen LogP contribution in [0.3, 0.4) is 0 Å². The minimum atomic E-state index is 0.671. The fourth-order valence-corrected chi connectivity index (χ4v) is 8.82. The summed E-state index contributed by atoms with van der Waals surface area (Å²) in [5.74, 6) is 0. The summed E-state index contributed by atoms with van der Waals surface area (Å²) >= 11 is 0. The zero-order valence-corrected chi connectivity index (χ0v) is 24.8. The summed E-state index contributed by atoms with van der Waals surface area (Å²) < 4.78 is 0. The second-order valence-corrected chi connectivity index (χ2v) is 13.1. The van der Waals surface area contributed by atoms with Crippen molar-refractivity contribution < 1.29 is 0 Å². The standard InChI is InChI=1S/C42H24N2/c1-19-5-25-6-20(2)10-28-35(25)27(9-19)37-31-13-23(17-43)15-33-39-29-11-21(3)7-26-8-22(4)12-30(36(26)29)40(39)34-16-24(18-44)14-32(38(28)37)42(34)41(31)33/h5-16H,1-4H3. The average molecular weight is 557 g/mol. The lowest BCUT2D eigenvalue weighted by molar-refractivity contribution is 1.50. The smallest absolute Gasteiger partial charge is 0.0992 e. The van der Waals surface area contributed by atoms with E-state index in [0.717, 1.165) is 21.5 Å². The van der Waals surface area contributed by atoms with Crippen molar-refractivity contribution in [2.24, 2.45) is 0 Å². The molecule has 44 heavy (non-hydrogen) atoms. The maximum Gasteiger partial charge on any atom is 0.0992 e. The molecule has 0 atom stereocenters. The monoisotopic (exact) mass is 556 g/mol. The van der Waals surface area contributed by atoms with Gasteiger partial charge < -0.3 is 0 Å². The van der Waals surface area contributed by atoms with Crippen LogP contribution in [0.5, 0.6) is 0 Å². The third-order valence-corrected chi connectivity index (χ3v) is 10.1. The van der Waals surface area contributed by atoms with Crippen molar-refractivity contribution in [3.8, 4) is 12.1 Å². The van der Waals surface area contributed by atoms with Gasteiger partial charge in [0, 0.05) is 0 Å². The molecule has 0 aliphatic heterocycles. The number of benzene rings is 8. The van der Waals surface area contributed by atoms with Crippen molar-refractivity contribution in [2.75, 3.05) is 0 Å². The molecule has 0 spiro atoms. The predicted octanol–water partition coefficient (Wildman–Crippen LogP) is 11.4. The van der Waals surface area contributed by atoms with Crippen molar-refractivity contribution in [1.82, 2.24) is 0 Å². The van der Waals surface area contributed by atoms with E-state index in [1.807, 2.05) is 0 Å². The van der Waals surface area contributed by atoms with E-state index in [9.17, 15) is 10.5 Å². The van der Waals surface area contributed by atoms with E-state index in [4.69, 9.17) is 0 Å². The fraction of sp³-hybridized carbons (Fsp3) is 0.0952. The van der Waals surface area contributed by atoms with Gasteiger partial charge in [0.05, 0.1) is 23.3 Å². The molecule has 0 aromatic heterocycles. The molecular formula is C42H24N2. The largest absolute Gasteiger partial charge is 0.192 e. The molecule has 0 saturated carbocycles. The van der Waals surface area contributed by atoms with Gasteiger partial charge in [0.2, 0.25) is 0 Å². The number of rotatable bonds is 0. The van der Waals surface area contributed by atoms with Gasteiger partial charge in [-0.15, -0.1) is 0 Å². The molecule has 0 aliphatic rings. The third kappa shape index (κ3) is 2.66. The highest BCUT2D eigenvalue weighted by molar-refractivity contribution is 6.52. The molecule has 0 aliphatic carbocycles. The zero-order chi connectivity index (χ0) is 29.8. The lowest BCUT2D eigenvalue weighted by atomic mass is 9.85. The van der Waals surface area contributed by atoms with Crippen LogP contribution in [0.2, 0.25) is 0 Å². The molecule has 10 rings (SSSR count). The summed E-state index contributed by atoms with van der Waals surface area (Å²) in [6.07, 6.45) is 0. The molecule has 0 bridgehead atoms. The minimum Gasteiger partial charge on any atom is -0.192 e. The first-order chi connectivity index (χ1) is 21.3. The molecular weight excluding hydrogens is 532 g/mol. The first kappa shape index (κ1) is 23.8. The van der Waals surface area contributed by atoms with Gasteiger partial charge in [-0.05, 0) is 171 Å². The molecule has 0 radical (unpaired) electrons. The third-order valence-electron chi connectivity index (χ3n) is 10.1. The molecule has 0 N–H and O–H groups in total. The van der Waals surface area contributed by atoms with Gasteiger partial charge in [0.1, 0.15) is 0 Å². The first-order valence-corrected chi connectivity index (χ1v) is 15.1. The first-order valence-electron chi connectivity index (χ1n) is 15.1. The molecule has 202 valence electrons. The number of aryl methyl sites for hydroxylation is 4. The Balaban J connectivity index is 1.67. The number of nitrogens with zero attached hydrogens (tertiary/aromatic N) is 2. The van der Waals surface area contributed by atoms with E-state index in [2.05, 4.69) is 113 Å². The second kappa shape index (κ2) is 7.62. The van der Waals surface area contributed by atoms with Crippen LogP contribution in [-0.2, 0) is 0 Å². The van der Waals surface area contributed by atoms with Crippen molar-refractivity contribution >= 4 is 97.0 Å². The van der Waals surface area contributed by atoms with Gasteiger partial charge in [0.15, 0.2) is 0 Å². The normalized spacial score (nSPS) is 12.5. The summed E-state index contributed by atoms with van der Waals surface area (Å²) in [6, 6.07) is 31.8. The van der Waals surface area contributed by atoms with Crippen LogP contribution in [-0.4, -0.2) is 0 Å². The molecule has 10 aromatic rings. The summed E-state index contributed by atoms with van der Waals surface area (Å²) in [6.45, 7) is 8.66. The van der Waals surface area contributed by atoms with E-state index >= 15 is 0 Å². The molecule has 0 amide bonds. The van der Waals surface area contributed by atoms with Gasteiger partial charge >= 0.3 is 0 Å². The molecule has 2 heteroatoms. The maximum atomic E-state index is 10.4. The number of hydrogen-bond donors (Lipinski definition) is 0. The highest BCUT2D eigenvalue weighted by atomic mass is 14.3. The number of hydrogen-bond acceptors (Lipinski definition) is 2. The number of nitriles is 2. The highest BCUT2D eigenvalue weighted by Crippen LogP contribution is 2.54. The van der Waals surface area contributed by atoms with Crippen molar-refractivity contribution in [2.45, 2.75) is 27.7 Å². The Hall–Kier alpha value is -5.70. The van der Waals surface area contributed by atoms with Crippen LogP contribution in [0.25, 0.3) is 97.0 Å². The van der Waals surface area contributed by atoms with E-state index in [1.54, 1.807) is 0 Å². The molecule has 10 aromatic carbocycles. The Kier molecular flexibility index (Phi) is 4.13. The highest BCUT2D eigenvalue weighted by Gasteiger charge is 2.26. The summed E-state index contributed by atoms with van der Waals surface area (Å²) in [5, 5.41) is 42.3. The Bertz CT molecular complexity index is 2650. The fourth-order valence-electron chi connectivity index (χ4n) is 8.82. The second-order valence-electron chi connectivity index (χ2n) is 13.1. The quantitative estimate of drug-likeness (QED) is 0.174. The van der Waals surface area contributed by atoms with Gasteiger partial charge in [-0.2, -0.15) is 10.5 Å². The Morgan fingerprint density at radius 1 is 0.318 bits per heavy atom. The van der Waals surface area contributed by atoms with Crippen molar-refractivity contribution in [1.29, 1.82) is 10.5 Å². The van der Waals surface area contributed by atoms with E-state index in [-0.39, 0.29) is 0 Å². The molecule has 0 fully saturated rings. The molecule has 0 heterocycles. The number of fused-ring (bicyclic) bond motifs is 10. The van der Waals surface area contributed by atoms with Crippen LogP contribution >= 0.6 is 0 Å². The average Bonchev–Trinajstić information content (AvgIpc) is 3.49. The summed E-state index contributed by atoms with van der Waals surface area (Å²) in [7, 11) is 0. The molecule has 0 unspecified atom stereocenters. The minimum absolute atomic E-state index is 0.671. The lowest BCUT2D eigenvalue weighted by Crippen LogP contribution is -1.90. The van der Waals surface area contributed by atoms with Crippen molar-refractivity contribution in [3.63, 3.8) is 0 Å². The van der Waals surface area contributed by atoms with E-state index < -0.39 is 0 Å². The molecule has 2 nitrogen and oxygen atoms in total. The van der Waals surface area contributed by atoms with Crippen LogP contribution < -0.4 is 0 Å². The van der Waals surface area contributed by atoms with Gasteiger partial charge in [-0.3, -0.25) is 0 Å². The van der Waals surface area contributed by atoms with Crippen LogP contribution in [0.1, 0.15) is 33.4 Å². The van der Waals surface area contributed by atoms with Gasteiger partial charge in [-0.25, -0.2) is 0 Å². The summed E-state index contributed by atoms with van der Waals surface area (Å²) in [4.78, 5) is 0. The van der Waals surface area contributed by atoms with Crippen molar-refractivity contribution in [3.05, 3.63) is 106 Å². The SMILES string of the molecule is Cc1cc2cc(C)cc3c2c(c1)c1c2cc(C#N)cc4c5c6cc(C)cc7cc(C)cc(c76)c5c5cc(C#N)cc(c31)c5c24. The van der Waals surface area contributed by atoms with E-state index in [1.165, 1.54) is 97.7 Å². The Morgan fingerprint density at radius 3 is 0.773 bits per heavy atom. The van der Waals surface area contributed by atoms with Crippen LogP contribution in [0.4, 0.5) is 0 Å². The predicted molar refractivity (Wildman–Crippen MR) is 186 cm³/mol. The maximum absolute atomic E-state index is 10.4. The van der Waals surface area contributed by atoms with Gasteiger partial charge in [-0.1, -0.05) is 48.5 Å². The summed E-state index contributed by atoms with van der Waals surface area (Å²) in [5.41, 5.74) is 6.21. The van der Waals surface area contributed by atoms with E-state index in [0.29, 0.717) is 11.1 Å². The topological polar surface area (TPSA) is 47.6 Å². The lowest BCUT2D eigenvalue weighted by Gasteiger charge is -2.17. The Labute approximate surface area is 252 Å². The molecule has 0 saturated heterocycles.